The van der Waals surface area contributed by atoms with Gasteiger partial charge in [0.25, 0.3) is 0 Å². The van der Waals surface area contributed by atoms with Gasteiger partial charge in [-0.25, -0.2) is 13.6 Å². The molecule has 1 aromatic heterocycles. The third kappa shape index (κ3) is 2.71. The van der Waals surface area contributed by atoms with Crippen molar-refractivity contribution in [1.29, 1.82) is 0 Å². The SMILES string of the molecule is C=S1(=O)N(C)C(N)=N[C@](C)(c2cc(CC(=O)c3cc(C)on3)ccc2F)C12CC2. The van der Waals surface area contributed by atoms with E-state index in [1.807, 2.05) is 0 Å². The van der Waals surface area contributed by atoms with Gasteiger partial charge in [0, 0.05) is 25.1 Å². The maximum absolute atomic E-state index is 15.0. The van der Waals surface area contributed by atoms with Crippen LogP contribution >= 0.6 is 0 Å². The second-order valence-corrected chi connectivity index (χ2v) is 10.5. The quantitative estimate of drug-likeness (QED) is 0.606. The fraction of sp³-hybridized carbons (Fsp3) is 0.400. The number of aryl methyl sites for hydroxylation is 1. The lowest BCUT2D eigenvalue weighted by molar-refractivity contribution is 0.0984. The van der Waals surface area contributed by atoms with Gasteiger partial charge in [-0.15, -0.1) is 0 Å². The predicted octanol–water partition coefficient (Wildman–Crippen LogP) is 2.19. The van der Waals surface area contributed by atoms with Crippen molar-refractivity contribution in [3.8, 4) is 0 Å². The maximum atomic E-state index is 15.0. The Balaban J connectivity index is 1.77. The third-order valence-corrected chi connectivity index (χ3v) is 9.24. The summed E-state index contributed by atoms with van der Waals surface area (Å²) in [5.41, 5.74) is 5.98. The number of rotatable bonds is 4. The zero-order chi connectivity index (χ0) is 21.2. The molecule has 4 rings (SSSR count). The highest BCUT2D eigenvalue weighted by Gasteiger charge is 2.67. The van der Waals surface area contributed by atoms with Gasteiger partial charge in [0.15, 0.2) is 5.78 Å². The van der Waals surface area contributed by atoms with Gasteiger partial charge in [-0.05, 0) is 50.3 Å². The molecular weight excluding hydrogens is 395 g/mol. The topological polar surface area (TPSA) is 102 Å². The largest absolute Gasteiger partial charge is 0.369 e. The Morgan fingerprint density at radius 2 is 2.10 bits per heavy atom. The van der Waals surface area contributed by atoms with Crippen LogP contribution in [0, 0.1) is 12.7 Å². The van der Waals surface area contributed by atoms with Crippen molar-refractivity contribution in [2.45, 2.75) is 43.4 Å². The lowest BCUT2D eigenvalue weighted by atomic mass is 9.85. The summed E-state index contributed by atoms with van der Waals surface area (Å²) in [6.45, 7) is 3.45. The number of aromatic nitrogens is 1. The lowest BCUT2D eigenvalue weighted by Crippen LogP contribution is -2.58. The molecule has 1 fully saturated rings. The van der Waals surface area contributed by atoms with E-state index in [0.717, 1.165) is 0 Å². The molecule has 1 spiro atoms. The second-order valence-electron chi connectivity index (χ2n) is 7.91. The summed E-state index contributed by atoms with van der Waals surface area (Å²) in [5, 5.41) is 3.74. The zero-order valence-electron chi connectivity index (χ0n) is 16.6. The number of hydrogen-bond donors (Lipinski definition) is 1. The van der Waals surface area contributed by atoms with E-state index in [1.165, 1.54) is 10.4 Å². The second kappa shape index (κ2) is 6.16. The fourth-order valence-electron chi connectivity index (χ4n) is 4.18. The van der Waals surface area contributed by atoms with Gasteiger partial charge >= 0.3 is 0 Å². The minimum Gasteiger partial charge on any atom is -0.369 e. The molecule has 1 saturated carbocycles. The number of halogens is 1. The van der Waals surface area contributed by atoms with Crippen LogP contribution < -0.4 is 5.73 Å². The Morgan fingerprint density at radius 1 is 1.41 bits per heavy atom. The van der Waals surface area contributed by atoms with Gasteiger partial charge in [0.05, 0.1) is 14.5 Å². The summed E-state index contributed by atoms with van der Waals surface area (Å²) >= 11 is 0. The van der Waals surface area contributed by atoms with Crippen LogP contribution in [0.4, 0.5) is 4.39 Å². The van der Waals surface area contributed by atoms with Gasteiger partial charge in [0.1, 0.15) is 22.8 Å². The van der Waals surface area contributed by atoms with Crippen LogP contribution in [0.3, 0.4) is 0 Å². The zero-order valence-corrected chi connectivity index (χ0v) is 17.4. The number of Topliss-reactive ketones (excluding diaryl/α,β-unsaturated/α-hetero) is 1. The number of nitrogens with zero attached hydrogens (tertiary/aromatic N) is 3. The normalized spacial score (nSPS) is 27.7. The highest BCUT2D eigenvalue weighted by atomic mass is 32.2. The number of carbonyl (C=O) groups is 1. The van der Waals surface area contributed by atoms with Gasteiger partial charge in [-0.3, -0.25) is 9.10 Å². The third-order valence-electron chi connectivity index (χ3n) is 6.14. The molecule has 0 saturated heterocycles. The number of hydrogen-bond acceptors (Lipinski definition) is 6. The highest BCUT2D eigenvalue weighted by molar-refractivity contribution is 8.00. The Kier molecular flexibility index (Phi) is 4.17. The Morgan fingerprint density at radius 3 is 2.69 bits per heavy atom. The molecule has 0 amide bonds. The minimum absolute atomic E-state index is 0.0290. The summed E-state index contributed by atoms with van der Waals surface area (Å²) in [6, 6.07) is 6.03. The molecule has 7 nitrogen and oxygen atoms in total. The Labute approximate surface area is 168 Å². The summed E-state index contributed by atoms with van der Waals surface area (Å²) in [4.78, 5) is 17.1. The first-order valence-corrected chi connectivity index (χ1v) is 10.9. The van der Waals surface area contributed by atoms with Crippen molar-refractivity contribution in [2.24, 2.45) is 10.7 Å². The van der Waals surface area contributed by atoms with Gasteiger partial charge in [-0.2, -0.15) is 0 Å². The van der Waals surface area contributed by atoms with Crippen molar-refractivity contribution in [1.82, 2.24) is 9.46 Å². The van der Waals surface area contributed by atoms with Gasteiger partial charge in [-0.1, -0.05) is 11.2 Å². The van der Waals surface area contributed by atoms with Crippen molar-refractivity contribution in [2.75, 3.05) is 7.05 Å². The molecule has 1 aliphatic heterocycles. The van der Waals surface area contributed by atoms with E-state index in [-0.39, 0.29) is 29.4 Å². The summed E-state index contributed by atoms with van der Waals surface area (Å²) in [7, 11) is -1.21. The van der Waals surface area contributed by atoms with E-state index in [1.54, 1.807) is 39.1 Å². The first kappa shape index (κ1) is 19.6. The van der Waals surface area contributed by atoms with E-state index < -0.39 is 25.8 Å². The van der Waals surface area contributed by atoms with Crippen LogP contribution in [0.25, 0.3) is 0 Å². The van der Waals surface area contributed by atoms with Crippen LogP contribution in [0.5, 0.6) is 0 Å². The first-order valence-electron chi connectivity index (χ1n) is 9.23. The average Bonchev–Trinajstić information content (AvgIpc) is 3.38. The van der Waals surface area contributed by atoms with Crippen LogP contribution in [0.1, 0.15) is 47.1 Å². The van der Waals surface area contributed by atoms with Crippen LogP contribution in [-0.4, -0.2) is 43.1 Å². The smallest absolute Gasteiger partial charge is 0.203 e. The average molecular weight is 418 g/mol. The van der Waals surface area contributed by atoms with E-state index in [4.69, 9.17) is 10.3 Å². The van der Waals surface area contributed by atoms with Gasteiger partial charge < -0.3 is 10.3 Å². The van der Waals surface area contributed by atoms with Gasteiger partial charge in [0.2, 0.25) is 5.96 Å². The number of guanidine groups is 1. The molecular formula is C20H23FN4O3S. The molecule has 29 heavy (non-hydrogen) atoms. The van der Waals surface area contributed by atoms with E-state index in [2.05, 4.69) is 16.0 Å². The Hall–Kier alpha value is -2.68. The number of ketones is 1. The van der Waals surface area contributed by atoms with Crippen LogP contribution in [-0.2, 0) is 21.7 Å². The molecule has 2 atom stereocenters. The number of benzene rings is 1. The molecule has 1 aromatic carbocycles. The predicted molar refractivity (Wildman–Crippen MR) is 110 cm³/mol. The van der Waals surface area contributed by atoms with E-state index in [0.29, 0.717) is 24.2 Å². The minimum atomic E-state index is -2.80. The van der Waals surface area contributed by atoms with Crippen molar-refractivity contribution in [3.05, 3.63) is 52.7 Å². The number of carbonyl (C=O) groups excluding carboxylic acids is 1. The molecule has 2 heterocycles. The van der Waals surface area contributed by atoms with Crippen LogP contribution in [0.2, 0.25) is 0 Å². The van der Waals surface area contributed by atoms with Crippen molar-refractivity contribution >= 4 is 27.3 Å². The standard InChI is InChI=1S/C20H23FN4O3S/c1-12-9-16(24-28-12)17(26)11-13-5-6-15(21)14(10-13)19(2)20(7-8-20)29(4,27)25(3)18(22)23-19/h5-6,9-10H,4,7-8,11H2,1-3H3,(H2,22,23)/t19-,29?/m1/s1. The summed E-state index contributed by atoms with van der Waals surface area (Å²) < 4.78 is 34.0. The first-order chi connectivity index (χ1) is 13.5. The highest BCUT2D eigenvalue weighted by Crippen LogP contribution is 2.60. The molecule has 0 bridgehead atoms. The molecule has 1 aliphatic carbocycles. The molecule has 9 heteroatoms. The van der Waals surface area contributed by atoms with E-state index in [9.17, 15) is 13.4 Å². The molecule has 2 aromatic rings. The monoisotopic (exact) mass is 418 g/mol. The molecule has 0 radical (unpaired) electrons. The number of aliphatic imine (C=N–C) groups is 1. The Bertz CT molecular complexity index is 1150. The molecule has 1 unspecified atom stereocenters. The molecule has 2 aliphatic rings. The van der Waals surface area contributed by atoms with Crippen molar-refractivity contribution < 1.29 is 17.9 Å². The van der Waals surface area contributed by atoms with Crippen molar-refractivity contribution in [3.63, 3.8) is 0 Å². The van der Waals surface area contributed by atoms with E-state index >= 15 is 0 Å². The number of nitrogens with two attached hydrogens (primary N) is 1. The summed E-state index contributed by atoms with van der Waals surface area (Å²) in [6.07, 6.45) is 1.24. The molecule has 2 N–H and O–H groups in total. The lowest BCUT2D eigenvalue weighted by Gasteiger charge is -2.45. The maximum Gasteiger partial charge on any atom is 0.203 e. The molecule has 154 valence electrons. The van der Waals surface area contributed by atoms with Crippen LogP contribution in [0.15, 0.2) is 33.8 Å². The fourth-order valence-corrected chi connectivity index (χ4v) is 6.56. The summed E-state index contributed by atoms with van der Waals surface area (Å²) in [5.74, 6) is 3.82.